The molecule has 0 aliphatic carbocycles. The van der Waals surface area contributed by atoms with Gasteiger partial charge in [-0.25, -0.2) is 9.78 Å². The molecule has 1 atom stereocenters. The van der Waals surface area contributed by atoms with Gasteiger partial charge in [0.05, 0.1) is 29.3 Å². The summed E-state index contributed by atoms with van der Waals surface area (Å²) in [5.74, 6) is 0. The van der Waals surface area contributed by atoms with Gasteiger partial charge in [-0.05, 0) is 26.8 Å². The number of hydrogen-bond donors (Lipinski definition) is 1. The molecule has 0 radical (unpaired) electrons. The molecular formula is C18H23N5O5. The Labute approximate surface area is 161 Å². The number of nitrogens with zero attached hydrogens (tertiary/aromatic N) is 5. The Kier molecular flexibility index (Phi) is 5.32. The lowest BCUT2D eigenvalue weighted by Crippen LogP contribution is -2.57. The lowest BCUT2D eigenvalue weighted by molar-refractivity contribution is -0.384. The monoisotopic (exact) mass is 389 g/mol. The van der Waals surface area contributed by atoms with E-state index in [9.17, 15) is 20.0 Å². The second kappa shape index (κ2) is 7.55. The number of aliphatic hydroxyl groups excluding tert-OH is 1. The summed E-state index contributed by atoms with van der Waals surface area (Å²) in [7, 11) is 0. The van der Waals surface area contributed by atoms with Crippen LogP contribution < -0.4 is 4.90 Å². The molecule has 1 unspecified atom stereocenters. The van der Waals surface area contributed by atoms with Gasteiger partial charge >= 0.3 is 11.8 Å². The van der Waals surface area contributed by atoms with Gasteiger partial charge in [-0.3, -0.25) is 15.1 Å². The van der Waals surface area contributed by atoms with Crippen molar-refractivity contribution in [3.63, 3.8) is 0 Å². The molecule has 2 aromatic rings. The number of carbonyl (C=O) groups is 1. The number of hydrogen-bond acceptors (Lipinski definition) is 8. The quantitative estimate of drug-likeness (QED) is 0.624. The van der Waals surface area contributed by atoms with Crippen LogP contribution in [0.25, 0.3) is 10.9 Å². The average Bonchev–Trinajstić information content (AvgIpc) is 2.65. The van der Waals surface area contributed by atoms with Gasteiger partial charge in [-0.15, -0.1) is 0 Å². The van der Waals surface area contributed by atoms with Crippen LogP contribution in [-0.4, -0.2) is 68.9 Å². The fourth-order valence-electron chi connectivity index (χ4n) is 3.25. The molecule has 2 aromatic heterocycles. The van der Waals surface area contributed by atoms with Crippen LogP contribution >= 0.6 is 0 Å². The molecule has 1 aliphatic rings. The number of anilines is 1. The summed E-state index contributed by atoms with van der Waals surface area (Å²) in [6, 6.07) is 1.15. The van der Waals surface area contributed by atoms with Crippen LogP contribution in [0.3, 0.4) is 0 Å². The first kappa shape index (κ1) is 19.7. The highest BCUT2D eigenvalue weighted by atomic mass is 16.6. The molecule has 1 saturated heterocycles. The Bertz CT molecular complexity index is 898. The normalized spacial score (nSPS) is 17.6. The lowest BCUT2D eigenvalue weighted by atomic mass is 10.1. The zero-order valence-electron chi connectivity index (χ0n) is 16.0. The maximum atomic E-state index is 12.4. The predicted octanol–water partition coefficient (Wildman–Crippen LogP) is 1.96. The highest BCUT2D eigenvalue weighted by Crippen LogP contribution is 2.36. The maximum Gasteiger partial charge on any atom is 0.410 e. The van der Waals surface area contributed by atoms with Crippen LogP contribution in [-0.2, 0) is 4.74 Å². The molecule has 1 N–H and O–H groups in total. The van der Waals surface area contributed by atoms with Crippen LogP contribution in [0.1, 0.15) is 20.8 Å². The van der Waals surface area contributed by atoms with Crippen LogP contribution in [0.15, 0.2) is 24.7 Å². The second-order valence-electron chi connectivity index (χ2n) is 7.60. The minimum absolute atomic E-state index is 0.150. The standard InChI is InChI=1S/C18H23N5O5/c1-18(2,3)28-17(25)21-6-7-22(12(10-21)11-24)16-13-4-5-19-8-14(13)20-9-15(16)23(26)27/h4-5,8-9,12,24H,6-7,10-11H2,1-3H3. The molecule has 0 bridgehead atoms. The van der Waals surface area contributed by atoms with Crippen molar-refractivity contribution in [2.24, 2.45) is 0 Å². The van der Waals surface area contributed by atoms with E-state index < -0.39 is 22.7 Å². The summed E-state index contributed by atoms with van der Waals surface area (Å²) in [5, 5.41) is 22.1. The third-order valence-corrected chi connectivity index (χ3v) is 4.45. The Morgan fingerprint density at radius 3 is 2.79 bits per heavy atom. The third-order valence-electron chi connectivity index (χ3n) is 4.45. The lowest BCUT2D eigenvalue weighted by Gasteiger charge is -2.42. The highest BCUT2D eigenvalue weighted by molar-refractivity contribution is 5.96. The second-order valence-corrected chi connectivity index (χ2v) is 7.60. The molecule has 0 saturated carbocycles. The van der Waals surface area contributed by atoms with E-state index in [1.807, 2.05) is 0 Å². The first-order valence-electron chi connectivity index (χ1n) is 8.94. The summed E-state index contributed by atoms with van der Waals surface area (Å²) in [5.41, 5.74) is 0.119. The minimum atomic E-state index is -0.629. The van der Waals surface area contributed by atoms with Gasteiger partial charge in [0, 0.05) is 31.2 Å². The Morgan fingerprint density at radius 1 is 1.39 bits per heavy atom. The Hall–Kier alpha value is -3.01. The predicted molar refractivity (Wildman–Crippen MR) is 102 cm³/mol. The number of pyridine rings is 2. The third kappa shape index (κ3) is 3.96. The topological polar surface area (TPSA) is 122 Å². The van der Waals surface area contributed by atoms with E-state index in [1.54, 1.807) is 37.9 Å². The molecule has 3 rings (SSSR count). The summed E-state index contributed by atoms with van der Waals surface area (Å²) < 4.78 is 5.40. The smallest absolute Gasteiger partial charge is 0.410 e. The molecule has 1 aliphatic heterocycles. The molecule has 0 aromatic carbocycles. The molecule has 1 fully saturated rings. The fraction of sp³-hybridized carbons (Fsp3) is 0.500. The van der Waals surface area contributed by atoms with E-state index in [4.69, 9.17) is 4.74 Å². The molecule has 28 heavy (non-hydrogen) atoms. The van der Waals surface area contributed by atoms with Gasteiger partial charge in [0.15, 0.2) is 0 Å². The van der Waals surface area contributed by atoms with Crippen molar-refractivity contribution < 1.29 is 19.6 Å². The number of aliphatic hydroxyl groups is 1. The summed E-state index contributed by atoms with van der Waals surface area (Å²) in [6.07, 6.45) is 3.81. The van der Waals surface area contributed by atoms with E-state index in [2.05, 4.69) is 9.97 Å². The van der Waals surface area contributed by atoms with E-state index in [0.717, 1.165) is 0 Å². The minimum Gasteiger partial charge on any atom is -0.444 e. The van der Waals surface area contributed by atoms with Crippen molar-refractivity contribution in [1.82, 2.24) is 14.9 Å². The number of aromatic nitrogens is 2. The zero-order valence-corrected chi connectivity index (χ0v) is 16.0. The number of fused-ring (bicyclic) bond motifs is 1. The van der Waals surface area contributed by atoms with Gasteiger partial charge in [0.2, 0.25) is 0 Å². The molecule has 10 heteroatoms. The molecule has 10 nitrogen and oxygen atoms in total. The van der Waals surface area contributed by atoms with Gasteiger partial charge < -0.3 is 19.6 Å². The van der Waals surface area contributed by atoms with Crippen molar-refractivity contribution in [3.8, 4) is 0 Å². The van der Waals surface area contributed by atoms with Gasteiger partial charge in [-0.2, -0.15) is 0 Å². The summed E-state index contributed by atoms with van der Waals surface area (Å²) in [4.78, 5) is 34.9. The van der Waals surface area contributed by atoms with E-state index in [1.165, 1.54) is 17.3 Å². The Balaban J connectivity index is 1.96. The number of ether oxygens (including phenoxy) is 1. The number of piperazine rings is 1. The van der Waals surface area contributed by atoms with Gasteiger partial charge in [-0.1, -0.05) is 0 Å². The summed E-state index contributed by atoms with van der Waals surface area (Å²) >= 11 is 0. The van der Waals surface area contributed by atoms with Crippen molar-refractivity contribution in [2.75, 3.05) is 31.1 Å². The van der Waals surface area contributed by atoms with E-state index in [-0.39, 0.29) is 18.8 Å². The first-order chi connectivity index (χ1) is 13.2. The molecule has 0 spiro atoms. The average molecular weight is 389 g/mol. The van der Waals surface area contributed by atoms with Crippen molar-refractivity contribution in [1.29, 1.82) is 0 Å². The van der Waals surface area contributed by atoms with Crippen LogP contribution in [0, 0.1) is 10.1 Å². The number of carbonyl (C=O) groups excluding carboxylic acids is 1. The van der Waals surface area contributed by atoms with Gasteiger partial charge in [0.1, 0.15) is 17.5 Å². The van der Waals surface area contributed by atoms with Crippen molar-refractivity contribution in [3.05, 3.63) is 34.8 Å². The van der Waals surface area contributed by atoms with Crippen LogP contribution in [0.4, 0.5) is 16.2 Å². The molecule has 150 valence electrons. The largest absolute Gasteiger partial charge is 0.444 e. The maximum absolute atomic E-state index is 12.4. The molecular weight excluding hydrogens is 366 g/mol. The fourth-order valence-corrected chi connectivity index (χ4v) is 3.25. The summed E-state index contributed by atoms with van der Waals surface area (Å²) in [6.45, 7) is 5.90. The van der Waals surface area contributed by atoms with E-state index in [0.29, 0.717) is 29.7 Å². The first-order valence-corrected chi connectivity index (χ1v) is 8.94. The van der Waals surface area contributed by atoms with Gasteiger partial charge in [0.25, 0.3) is 0 Å². The van der Waals surface area contributed by atoms with Crippen molar-refractivity contribution in [2.45, 2.75) is 32.4 Å². The zero-order chi connectivity index (χ0) is 20.5. The Morgan fingerprint density at radius 2 is 2.14 bits per heavy atom. The van der Waals surface area contributed by atoms with Crippen LogP contribution in [0.2, 0.25) is 0 Å². The number of rotatable bonds is 3. The highest BCUT2D eigenvalue weighted by Gasteiger charge is 2.35. The van der Waals surface area contributed by atoms with Crippen LogP contribution in [0.5, 0.6) is 0 Å². The van der Waals surface area contributed by atoms with Crippen molar-refractivity contribution >= 4 is 28.4 Å². The SMILES string of the molecule is CC(C)(C)OC(=O)N1CCN(c2c([N+](=O)[O-])cnc3cnccc23)C(CO)C1. The molecule has 3 heterocycles. The van der Waals surface area contributed by atoms with E-state index >= 15 is 0 Å². The number of amides is 1. The number of nitro groups is 1. The molecule has 1 amide bonds.